The first-order chi connectivity index (χ1) is 8.87. The summed E-state index contributed by atoms with van der Waals surface area (Å²) in [6, 6.07) is 0. The zero-order valence-electron chi connectivity index (χ0n) is 11.4. The number of rotatable bonds is 8. The maximum atomic E-state index is 12.3. The van der Waals surface area contributed by atoms with Gasteiger partial charge >= 0.3 is 5.97 Å². The molecule has 1 unspecified atom stereocenters. The van der Waals surface area contributed by atoms with Crippen molar-refractivity contribution in [1.29, 1.82) is 0 Å². The second-order valence-electron chi connectivity index (χ2n) is 4.56. The zero-order chi connectivity index (χ0) is 14.5. The predicted molar refractivity (Wildman–Crippen MR) is 70.0 cm³/mol. The molecular formula is C11H22N2O5S. The van der Waals surface area contributed by atoms with Gasteiger partial charge in [-0.25, -0.2) is 0 Å². The number of nitrogens with zero attached hydrogens (tertiary/aromatic N) is 2. The fourth-order valence-electron chi connectivity index (χ4n) is 1.97. The summed E-state index contributed by atoms with van der Waals surface area (Å²) in [5.74, 6) is -1.01. The van der Waals surface area contributed by atoms with Crippen molar-refractivity contribution in [3.63, 3.8) is 0 Å². The van der Waals surface area contributed by atoms with E-state index in [-0.39, 0.29) is 19.1 Å². The van der Waals surface area contributed by atoms with E-state index in [1.165, 1.54) is 11.4 Å². The van der Waals surface area contributed by atoms with Crippen molar-refractivity contribution >= 4 is 16.2 Å². The maximum absolute atomic E-state index is 12.3. The summed E-state index contributed by atoms with van der Waals surface area (Å²) in [7, 11) is -2.21. The fourth-order valence-corrected chi connectivity index (χ4v) is 3.36. The normalized spacial score (nSPS) is 20.3. The minimum absolute atomic E-state index is 0.0281. The van der Waals surface area contributed by atoms with E-state index < -0.39 is 16.2 Å². The molecule has 112 valence electrons. The third-order valence-corrected chi connectivity index (χ3v) is 5.17. The van der Waals surface area contributed by atoms with E-state index in [2.05, 4.69) is 0 Å². The lowest BCUT2D eigenvalue weighted by molar-refractivity contribution is -0.137. The molecule has 1 rings (SSSR count). The Labute approximate surface area is 114 Å². The molecule has 0 saturated carbocycles. The predicted octanol–water partition coefficient (Wildman–Crippen LogP) is 0.139. The van der Waals surface area contributed by atoms with Crippen LogP contribution in [-0.4, -0.2) is 67.5 Å². The average Bonchev–Trinajstić information content (AvgIpc) is 2.85. The summed E-state index contributed by atoms with van der Waals surface area (Å²) in [6.45, 7) is 3.09. The SMILES string of the molecule is CCN(CC1CCCO1)S(=O)(=O)N(C)CCC(=O)O. The molecule has 1 saturated heterocycles. The highest BCUT2D eigenvalue weighted by Crippen LogP contribution is 2.16. The first-order valence-corrected chi connectivity index (χ1v) is 7.82. The summed E-state index contributed by atoms with van der Waals surface area (Å²) in [5, 5.41) is 8.60. The Kier molecular flexibility index (Phi) is 6.18. The van der Waals surface area contributed by atoms with Crippen LogP contribution in [0.25, 0.3) is 0 Å². The Balaban J connectivity index is 2.62. The monoisotopic (exact) mass is 294 g/mol. The Morgan fingerprint density at radius 1 is 1.47 bits per heavy atom. The Morgan fingerprint density at radius 2 is 2.16 bits per heavy atom. The molecular weight excluding hydrogens is 272 g/mol. The van der Waals surface area contributed by atoms with Crippen molar-refractivity contribution in [3.05, 3.63) is 0 Å². The van der Waals surface area contributed by atoms with Crippen LogP contribution in [0.3, 0.4) is 0 Å². The minimum Gasteiger partial charge on any atom is -0.481 e. The number of carboxylic acids is 1. The topological polar surface area (TPSA) is 87.2 Å². The lowest BCUT2D eigenvalue weighted by atomic mass is 10.2. The Morgan fingerprint density at radius 3 is 2.63 bits per heavy atom. The quantitative estimate of drug-likeness (QED) is 0.688. The second kappa shape index (κ2) is 7.18. The van der Waals surface area contributed by atoms with Crippen LogP contribution in [0.2, 0.25) is 0 Å². The van der Waals surface area contributed by atoms with Crippen LogP contribution in [0.4, 0.5) is 0 Å². The minimum atomic E-state index is -3.61. The molecule has 19 heavy (non-hydrogen) atoms. The summed E-state index contributed by atoms with van der Waals surface area (Å²) in [6.07, 6.45) is 1.57. The molecule has 0 aromatic carbocycles. The highest BCUT2D eigenvalue weighted by atomic mass is 32.2. The van der Waals surface area contributed by atoms with Crippen LogP contribution < -0.4 is 0 Å². The van der Waals surface area contributed by atoms with Crippen molar-refractivity contribution in [1.82, 2.24) is 8.61 Å². The summed E-state index contributed by atoms with van der Waals surface area (Å²) in [4.78, 5) is 10.5. The number of hydrogen-bond acceptors (Lipinski definition) is 4. The molecule has 0 bridgehead atoms. The molecule has 7 nitrogen and oxygen atoms in total. The van der Waals surface area contributed by atoms with Gasteiger partial charge in [0.1, 0.15) is 0 Å². The van der Waals surface area contributed by atoms with Gasteiger partial charge < -0.3 is 9.84 Å². The molecule has 0 aliphatic carbocycles. The highest BCUT2D eigenvalue weighted by Gasteiger charge is 2.29. The van der Waals surface area contributed by atoms with Crippen molar-refractivity contribution in [2.24, 2.45) is 0 Å². The van der Waals surface area contributed by atoms with Gasteiger partial charge in [0, 0.05) is 33.3 Å². The largest absolute Gasteiger partial charge is 0.481 e. The maximum Gasteiger partial charge on any atom is 0.304 e. The van der Waals surface area contributed by atoms with E-state index in [9.17, 15) is 13.2 Å². The van der Waals surface area contributed by atoms with E-state index in [0.29, 0.717) is 19.7 Å². The number of hydrogen-bond donors (Lipinski definition) is 1. The Bertz CT molecular complexity index is 392. The molecule has 0 spiro atoms. The van der Waals surface area contributed by atoms with Gasteiger partial charge in [-0.15, -0.1) is 0 Å². The van der Waals surface area contributed by atoms with Crippen molar-refractivity contribution < 1.29 is 23.1 Å². The van der Waals surface area contributed by atoms with Gasteiger partial charge in [-0.1, -0.05) is 6.92 Å². The molecule has 1 aliphatic heterocycles. The third-order valence-electron chi connectivity index (χ3n) is 3.14. The smallest absolute Gasteiger partial charge is 0.304 e. The molecule has 8 heteroatoms. The number of aliphatic carboxylic acids is 1. The number of carbonyl (C=O) groups is 1. The van der Waals surface area contributed by atoms with E-state index in [0.717, 1.165) is 17.1 Å². The first-order valence-electron chi connectivity index (χ1n) is 6.42. The molecule has 1 aliphatic rings. The van der Waals surface area contributed by atoms with Gasteiger partial charge in [-0.2, -0.15) is 17.0 Å². The summed E-state index contributed by atoms with van der Waals surface area (Å²) in [5.41, 5.74) is 0. The molecule has 1 atom stereocenters. The number of likely N-dealkylation sites (N-methyl/N-ethyl adjacent to an activating group) is 1. The lowest BCUT2D eigenvalue weighted by Gasteiger charge is -2.28. The number of carboxylic acid groups (broad SMARTS) is 1. The van der Waals surface area contributed by atoms with Gasteiger partial charge in [-0.3, -0.25) is 4.79 Å². The van der Waals surface area contributed by atoms with Crippen LogP contribution in [0.5, 0.6) is 0 Å². The number of ether oxygens (including phenoxy) is 1. The van der Waals surface area contributed by atoms with Crippen molar-refractivity contribution in [3.8, 4) is 0 Å². The van der Waals surface area contributed by atoms with E-state index in [4.69, 9.17) is 9.84 Å². The van der Waals surface area contributed by atoms with Crippen molar-refractivity contribution in [2.75, 3.05) is 33.3 Å². The van der Waals surface area contributed by atoms with Gasteiger partial charge in [0.25, 0.3) is 10.2 Å². The third kappa shape index (κ3) is 4.72. The van der Waals surface area contributed by atoms with Crippen molar-refractivity contribution in [2.45, 2.75) is 32.3 Å². The standard InChI is InChI=1S/C11H22N2O5S/c1-3-13(9-10-5-4-8-18-10)19(16,17)12(2)7-6-11(14)15/h10H,3-9H2,1-2H3,(H,14,15). The van der Waals surface area contributed by atoms with Crippen LogP contribution >= 0.6 is 0 Å². The second-order valence-corrected chi connectivity index (χ2v) is 6.59. The lowest BCUT2D eigenvalue weighted by Crippen LogP contribution is -2.45. The first kappa shape index (κ1) is 16.4. The van der Waals surface area contributed by atoms with Crippen LogP contribution in [-0.2, 0) is 19.7 Å². The molecule has 1 heterocycles. The van der Waals surface area contributed by atoms with E-state index in [1.807, 2.05) is 0 Å². The molecule has 1 fully saturated rings. The fraction of sp³-hybridized carbons (Fsp3) is 0.909. The van der Waals surface area contributed by atoms with Gasteiger partial charge in [0.15, 0.2) is 0 Å². The molecule has 0 aromatic heterocycles. The highest BCUT2D eigenvalue weighted by molar-refractivity contribution is 7.86. The van der Waals surface area contributed by atoms with Gasteiger partial charge in [0.05, 0.1) is 12.5 Å². The van der Waals surface area contributed by atoms with Crippen LogP contribution in [0, 0.1) is 0 Å². The van der Waals surface area contributed by atoms with Crippen LogP contribution in [0.15, 0.2) is 0 Å². The van der Waals surface area contributed by atoms with Gasteiger partial charge in [0.2, 0.25) is 0 Å². The summed E-state index contributed by atoms with van der Waals surface area (Å²) >= 11 is 0. The molecule has 0 aromatic rings. The van der Waals surface area contributed by atoms with Crippen LogP contribution in [0.1, 0.15) is 26.2 Å². The Hall–Kier alpha value is -0.700. The van der Waals surface area contributed by atoms with Gasteiger partial charge in [-0.05, 0) is 12.8 Å². The molecule has 1 N–H and O–H groups in total. The van der Waals surface area contributed by atoms with E-state index in [1.54, 1.807) is 6.92 Å². The zero-order valence-corrected chi connectivity index (χ0v) is 12.2. The van der Waals surface area contributed by atoms with E-state index >= 15 is 0 Å². The summed E-state index contributed by atoms with van der Waals surface area (Å²) < 4.78 is 32.4. The molecule has 0 radical (unpaired) electrons. The average molecular weight is 294 g/mol. The molecule has 0 amide bonds.